The summed E-state index contributed by atoms with van der Waals surface area (Å²) < 4.78 is 5.42. The number of rotatable bonds is 8. The van der Waals surface area contributed by atoms with Crippen molar-refractivity contribution in [2.75, 3.05) is 33.3 Å². The van der Waals surface area contributed by atoms with Crippen molar-refractivity contribution in [2.45, 2.75) is 58.4 Å². The van der Waals surface area contributed by atoms with E-state index < -0.39 is 0 Å². The zero-order chi connectivity index (χ0) is 24.8. The molecular formula is C30H41N3O2. The van der Waals surface area contributed by atoms with E-state index in [2.05, 4.69) is 35.0 Å². The summed E-state index contributed by atoms with van der Waals surface area (Å²) in [5, 5.41) is 1.09. The molecule has 0 bridgehead atoms. The highest BCUT2D eigenvalue weighted by molar-refractivity contribution is 5.98. The molecule has 1 aliphatic heterocycles. The summed E-state index contributed by atoms with van der Waals surface area (Å²) in [5.74, 6) is 1.64. The fourth-order valence-electron chi connectivity index (χ4n) is 5.53. The zero-order valence-corrected chi connectivity index (χ0v) is 21.8. The predicted molar refractivity (Wildman–Crippen MR) is 144 cm³/mol. The monoisotopic (exact) mass is 475 g/mol. The number of aromatic nitrogens is 1. The lowest BCUT2D eigenvalue weighted by atomic mass is 9.92. The molecule has 3 aromatic rings. The maximum Gasteiger partial charge on any atom is 0.270 e. The minimum Gasteiger partial charge on any atom is -0.497 e. The zero-order valence-electron chi connectivity index (χ0n) is 21.8. The van der Waals surface area contributed by atoms with Crippen molar-refractivity contribution in [3.8, 4) is 5.75 Å². The number of piperidine rings is 1. The minimum absolute atomic E-state index is 0.118. The van der Waals surface area contributed by atoms with Gasteiger partial charge < -0.3 is 14.6 Å². The molecule has 188 valence electrons. The second-order valence-electron chi connectivity index (χ2n) is 9.80. The van der Waals surface area contributed by atoms with E-state index in [1.54, 1.807) is 7.11 Å². The number of benzene rings is 2. The van der Waals surface area contributed by atoms with E-state index in [0.717, 1.165) is 62.1 Å². The lowest BCUT2D eigenvalue weighted by Gasteiger charge is -2.39. The van der Waals surface area contributed by atoms with Crippen molar-refractivity contribution in [1.82, 2.24) is 14.8 Å². The Balaban J connectivity index is 0.00000141. The Kier molecular flexibility index (Phi) is 8.17. The summed E-state index contributed by atoms with van der Waals surface area (Å²) in [6, 6.07) is 18.6. The first kappa shape index (κ1) is 25.3. The predicted octanol–water partition coefficient (Wildman–Crippen LogP) is 6.15. The van der Waals surface area contributed by atoms with Gasteiger partial charge in [-0.3, -0.25) is 9.69 Å². The van der Waals surface area contributed by atoms with Gasteiger partial charge in [0.05, 0.1) is 7.11 Å². The molecule has 0 spiro atoms. The Morgan fingerprint density at radius 1 is 1.09 bits per heavy atom. The van der Waals surface area contributed by atoms with Gasteiger partial charge >= 0.3 is 0 Å². The molecule has 5 rings (SSSR count). The number of carbonyl (C=O) groups excluding carboxylic acids is 1. The van der Waals surface area contributed by atoms with Crippen LogP contribution in [0, 0.1) is 5.92 Å². The van der Waals surface area contributed by atoms with Crippen molar-refractivity contribution >= 4 is 16.8 Å². The first-order valence-electron chi connectivity index (χ1n) is 13.4. The third-order valence-electron chi connectivity index (χ3n) is 7.69. The number of methoxy groups -OCH3 is 1. The van der Waals surface area contributed by atoms with E-state index in [-0.39, 0.29) is 5.91 Å². The van der Waals surface area contributed by atoms with Crippen LogP contribution in [0.1, 0.15) is 62.5 Å². The van der Waals surface area contributed by atoms with Crippen molar-refractivity contribution in [3.05, 3.63) is 65.9 Å². The van der Waals surface area contributed by atoms with Gasteiger partial charge in [0.1, 0.15) is 11.4 Å². The van der Waals surface area contributed by atoms with Crippen LogP contribution in [-0.2, 0) is 6.42 Å². The normalized spacial score (nSPS) is 17.5. The molecule has 2 aliphatic rings. The van der Waals surface area contributed by atoms with Crippen molar-refractivity contribution in [1.29, 1.82) is 0 Å². The number of hydrogen-bond acceptors (Lipinski definition) is 3. The van der Waals surface area contributed by atoms with Crippen LogP contribution in [0.15, 0.2) is 54.6 Å². The molecule has 1 aromatic heterocycles. The van der Waals surface area contributed by atoms with Gasteiger partial charge in [0.15, 0.2) is 0 Å². The highest BCUT2D eigenvalue weighted by Gasteiger charge is 2.48. The molecule has 1 amide bonds. The maximum absolute atomic E-state index is 13.2. The lowest BCUT2D eigenvalue weighted by molar-refractivity contribution is 0.0654. The van der Waals surface area contributed by atoms with E-state index in [0.29, 0.717) is 17.2 Å². The van der Waals surface area contributed by atoms with E-state index >= 15 is 0 Å². The number of carbonyl (C=O) groups is 1. The molecule has 0 unspecified atom stereocenters. The number of hydrogen-bond donors (Lipinski definition) is 1. The van der Waals surface area contributed by atoms with Crippen LogP contribution < -0.4 is 4.74 Å². The second-order valence-corrected chi connectivity index (χ2v) is 9.80. The summed E-state index contributed by atoms with van der Waals surface area (Å²) in [4.78, 5) is 21.2. The molecule has 2 heterocycles. The number of likely N-dealkylation sites (tertiary alicyclic amines) is 1. The van der Waals surface area contributed by atoms with Gasteiger partial charge in [-0.25, -0.2) is 0 Å². The SMILES string of the molecule is CC.CCN(CC1CCN(C2(Cc3cccc(OC)c3)CC2)CC1)C(=O)c1cc2ccccc2[nH]1. The average Bonchev–Trinajstić information content (AvgIpc) is 3.56. The quantitative estimate of drug-likeness (QED) is 0.425. The number of ether oxygens (including phenoxy) is 1. The van der Waals surface area contributed by atoms with Crippen molar-refractivity contribution in [3.63, 3.8) is 0 Å². The van der Waals surface area contributed by atoms with Crippen LogP contribution in [0.3, 0.4) is 0 Å². The average molecular weight is 476 g/mol. The molecule has 1 saturated carbocycles. The molecule has 0 radical (unpaired) electrons. The maximum atomic E-state index is 13.2. The molecule has 5 heteroatoms. The highest BCUT2D eigenvalue weighted by Crippen LogP contribution is 2.46. The fraction of sp³-hybridized carbons (Fsp3) is 0.500. The first-order valence-corrected chi connectivity index (χ1v) is 13.4. The molecule has 0 atom stereocenters. The Bertz CT molecular complexity index is 1080. The molecule has 1 aliphatic carbocycles. The Morgan fingerprint density at radius 3 is 2.49 bits per heavy atom. The van der Waals surface area contributed by atoms with E-state index in [1.807, 2.05) is 55.1 Å². The number of amides is 1. The molecule has 35 heavy (non-hydrogen) atoms. The molecule has 1 N–H and O–H groups in total. The second kappa shape index (κ2) is 11.3. The molecule has 5 nitrogen and oxygen atoms in total. The van der Waals surface area contributed by atoms with Gasteiger partial charge in [-0.05, 0) is 87.9 Å². The fourth-order valence-corrected chi connectivity index (χ4v) is 5.53. The van der Waals surface area contributed by atoms with Gasteiger partial charge in [-0.2, -0.15) is 0 Å². The van der Waals surface area contributed by atoms with Gasteiger partial charge in [-0.1, -0.05) is 44.2 Å². The van der Waals surface area contributed by atoms with Crippen LogP contribution in [-0.4, -0.2) is 59.5 Å². The standard InChI is InChI=1S/C28H35N3O2.C2H6/c1-3-30(27(32)26-18-23-8-4-5-10-25(23)29-26)20-21-11-15-31(16-12-21)28(13-14-28)19-22-7-6-9-24(17-22)33-2;1-2/h4-10,17-18,21,29H,3,11-16,19-20H2,1-2H3;1-2H3. The van der Waals surface area contributed by atoms with Crippen LogP contribution in [0.4, 0.5) is 0 Å². The third-order valence-corrected chi connectivity index (χ3v) is 7.69. The molecule has 1 saturated heterocycles. The largest absolute Gasteiger partial charge is 0.497 e. The van der Waals surface area contributed by atoms with Crippen LogP contribution >= 0.6 is 0 Å². The number of aromatic amines is 1. The number of fused-ring (bicyclic) bond motifs is 1. The number of nitrogens with one attached hydrogen (secondary N) is 1. The van der Waals surface area contributed by atoms with E-state index in [9.17, 15) is 4.79 Å². The summed E-state index contributed by atoms with van der Waals surface area (Å²) in [5.41, 5.74) is 3.43. The number of para-hydroxylation sites is 1. The lowest BCUT2D eigenvalue weighted by Crippen LogP contribution is -2.46. The first-order chi connectivity index (χ1) is 17.1. The number of H-pyrrole nitrogens is 1. The smallest absolute Gasteiger partial charge is 0.270 e. The number of nitrogens with zero attached hydrogens (tertiary/aromatic N) is 2. The van der Waals surface area contributed by atoms with Gasteiger partial charge in [-0.15, -0.1) is 0 Å². The summed E-state index contributed by atoms with van der Waals surface area (Å²) in [7, 11) is 1.74. The Morgan fingerprint density at radius 2 is 1.83 bits per heavy atom. The minimum atomic E-state index is 0.118. The highest BCUT2D eigenvalue weighted by atomic mass is 16.5. The van der Waals surface area contributed by atoms with Gasteiger partial charge in [0, 0.05) is 29.5 Å². The summed E-state index contributed by atoms with van der Waals surface area (Å²) in [6.45, 7) is 9.94. The van der Waals surface area contributed by atoms with Gasteiger partial charge in [0.25, 0.3) is 5.91 Å². The van der Waals surface area contributed by atoms with Crippen LogP contribution in [0.5, 0.6) is 5.75 Å². The Labute approximate surface area is 210 Å². The Hall–Kier alpha value is -2.79. The topological polar surface area (TPSA) is 48.6 Å². The van der Waals surface area contributed by atoms with Crippen LogP contribution in [0.25, 0.3) is 10.9 Å². The van der Waals surface area contributed by atoms with Crippen LogP contribution in [0.2, 0.25) is 0 Å². The van der Waals surface area contributed by atoms with E-state index in [4.69, 9.17) is 4.74 Å². The van der Waals surface area contributed by atoms with E-state index in [1.165, 1.54) is 18.4 Å². The summed E-state index contributed by atoms with van der Waals surface area (Å²) in [6.07, 6.45) is 6.01. The van der Waals surface area contributed by atoms with Crippen molar-refractivity contribution < 1.29 is 9.53 Å². The van der Waals surface area contributed by atoms with Gasteiger partial charge in [0.2, 0.25) is 0 Å². The third kappa shape index (κ3) is 5.72. The molecule has 2 fully saturated rings. The summed E-state index contributed by atoms with van der Waals surface area (Å²) >= 11 is 0. The molecule has 2 aromatic carbocycles. The van der Waals surface area contributed by atoms with Crippen molar-refractivity contribution in [2.24, 2.45) is 5.92 Å². The molecular weight excluding hydrogens is 434 g/mol.